The number of rotatable bonds is 3. The van der Waals surface area contributed by atoms with Gasteiger partial charge in [-0.15, -0.1) is 0 Å². The van der Waals surface area contributed by atoms with Gasteiger partial charge in [-0.05, 0) is 25.5 Å². The van der Waals surface area contributed by atoms with Gasteiger partial charge < -0.3 is 5.73 Å². The topological polar surface area (TPSA) is 41.6 Å². The number of nitrogens with two attached hydrogens (primary N) is 1. The average Bonchev–Trinajstić information content (AvgIpc) is 2.61. The number of hydrogen-bond acceptors (Lipinski definition) is 3. The molecule has 1 unspecified atom stereocenters. The van der Waals surface area contributed by atoms with Gasteiger partial charge in [0.05, 0.1) is 6.04 Å². The van der Waals surface area contributed by atoms with E-state index in [0.29, 0.717) is 12.6 Å². The number of hydrazone groups is 1. The third-order valence-electron chi connectivity index (χ3n) is 3.07. The Kier molecular flexibility index (Phi) is 3.25. The molecule has 2 N–H and O–H groups in total. The van der Waals surface area contributed by atoms with E-state index in [-0.39, 0.29) is 0 Å². The van der Waals surface area contributed by atoms with E-state index in [1.807, 2.05) is 7.05 Å². The van der Waals surface area contributed by atoms with Crippen LogP contribution in [0.3, 0.4) is 0 Å². The van der Waals surface area contributed by atoms with Gasteiger partial charge in [0.15, 0.2) is 0 Å². The molecule has 1 aromatic carbocycles. The first-order valence-corrected chi connectivity index (χ1v) is 5.76. The van der Waals surface area contributed by atoms with Crippen molar-refractivity contribution in [3.05, 3.63) is 35.4 Å². The van der Waals surface area contributed by atoms with Crippen LogP contribution >= 0.6 is 0 Å². The molecule has 3 heteroatoms. The molecule has 2 rings (SSSR count). The Labute approximate surface area is 96.9 Å². The van der Waals surface area contributed by atoms with Gasteiger partial charge in [0.25, 0.3) is 0 Å². The summed E-state index contributed by atoms with van der Waals surface area (Å²) in [5, 5.41) is 6.58. The largest absolute Gasteiger partial charge is 0.330 e. The van der Waals surface area contributed by atoms with Crippen molar-refractivity contribution >= 4 is 5.71 Å². The second-order valence-corrected chi connectivity index (χ2v) is 4.41. The summed E-state index contributed by atoms with van der Waals surface area (Å²) < 4.78 is 0. The molecule has 0 saturated carbocycles. The van der Waals surface area contributed by atoms with Crippen LogP contribution in [0.4, 0.5) is 0 Å². The predicted octanol–water partition coefficient (Wildman–Crippen LogP) is 2.08. The standard InChI is InChI=1S/C13H19N3/c1-10-3-5-11(6-4-10)13-9-12(7-8-14)15-16(13)2/h3-6,13H,7-9,14H2,1-2H3. The Morgan fingerprint density at radius 3 is 2.69 bits per heavy atom. The van der Waals surface area contributed by atoms with Gasteiger partial charge in [-0.1, -0.05) is 29.8 Å². The smallest absolute Gasteiger partial charge is 0.0769 e. The maximum Gasteiger partial charge on any atom is 0.0769 e. The number of hydrogen-bond donors (Lipinski definition) is 1. The number of nitrogens with zero attached hydrogens (tertiary/aromatic N) is 2. The van der Waals surface area contributed by atoms with Crippen LogP contribution in [-0.2, 0) is 0 Å². The van der Waals surface area contributed by atoms with Crippen LogP contribution in [0.15, 0.2) is 29.4 Å². The molecular formula is C13H19N3. The zero-order valence-corrected chi connectivity index (χ0v) is 9.98. The van der Waals surface area contributed by atoms with Crippen LogP contribution in [0.5, 0.6) is 0 Å². The second-order valence-electron chi connectivity index (χ2n) is 4.41. The molecular weight excluding hydrogens is 198 g/mol. The van der Waals surface area contributed by atoms with Crippen molar-refractivity contribution in [2.75, 3.05) is 13.6 Å². The molecule has 0 fully saturated rings. The van der Waals surface area contributed by atoms with Crippen molar-refractivity contribution in [2.24, 2.45) is 10.8 Å². The van der Waals surface area contributed by atoms with Gasteiger partial charge >= 0.3 is 0 Å². The van der Waals surface area contributed by atoms with E-state index in [1.165, 1.54) is 16.8 Å². The quantitative estimate of drug-likeness (QED) is 0.842. The first-order valence-electron chi connectivity index (χ1n) is 5.76. The molecule has 0 spiro atoms. The lowest BCUT2D eigenvalue weighted by Gasteiger charge is -2.19. The third kappa shape index (κ3) is 2.25. The van der Waals surface area contributed by atoms with Crippen molar-refractivity contribution in [3.63, 3.8) is 0 Å². The highest BCUT2D eigenvalue weighted by molar-refractivity contribution is 5.86. The molecule has 1 aromatic rings. The Morgan fingerprint density at radius 1 is 1.38 bits per heavy atom. The Bertz CT molecular complexity index is 381. The number of benzene rings is 1. The average molecular weight is 217 g/mol. The van der Waals surface area contributed by atoms with Gasteiger partial charge in [-0.25, -0.2) is 0 Å². The summed E-state index contributed by atoms with van der Waals surface area (Å²) in [7, 11) is 2.04. The van der Waals surface area contributed by atoms with Crippen LogP contribution in [-0.4, -0.2) is 24.3 Å². The fraction of sp³-hybridized carbons (Fsp3) is 0.462. The molecule has 1 heterocycles. The molecule has 86 valence electrons. The summed E-state index contributed by atoms with van der Waals surface area (Å²) in [6.45, 7) is 2.80. The zero-order chi connectivity index (χ0) is 11.5. The monoisotopic (exact) mass is 217 g/mol. The van der Waals surface area contributed by atoms with Gasteiger partial charge in [0.2, 0.25) is 0 Å². The molecule has 3 nitrogen and oxygen atoms in total. The van der Waals surface area contributed by atoms with Crippen molar-refractivity contribution in [1.29, 1.82) is 0 Å². The first-order chi connectivity index (χ1) is 7.70. The van der Waals surface area contributed by atoms with E-state index in [9.17, 15) is 0 Å². The minimum Gasteiger partial charge on any atom is -0.330 e. The van der Waals surface area contributed by atoms with E-state index in [4.69, 9.17) is 5.73 Å². The molecule has 16 heavy (non-hydrogen) atoms. The predicted molar refractivity (Wildman–Crippen MR) is 67.4 cm³/mol. The van der Waals surface area contributed by atoms with Gasteiger partial charge in [-0.2, -0.15) is 5.10 Å². The highest BCUT2D eigenvalue weighted by atomic mass is 15.5. The molecule has 0 bridgehead atoms. The SMILES string of the molecule is Cc1ccc(C2CC(CCN)=NN2C)cc1. The molecule has 1 aliphatic rings. The maximum atomic E-state index is 5.56. The van der Waals surface area contributed by atoms with Crippen LogP contribution in [0.2, 0.25) is 0 Å². The lowest BCUT2D eigenvalue weighted by Crippen LogP contribution is -2.13. The van der Waals surface area contributed by atoms with Crippen molar-refractivity contribution in [2.45, 2.75) is 25.8 Å². The Hall–Kier alpha value is -1.35. The van der Waals surface area contributed by atoms with Crippen LogP contribution in [0.1, 0.15) is 30.0 Å². The fourth-order valence-corrected chi connectivity index (χ4v) is 2.13. The van der Waals surface area contributed by atoms with Gasteiger partial charge in [0.1, 0.15) is 0 Å². The first kappa shape index (κ1) is 11.1. The fourth-order valence-electron chi connectivity index (χ4n) is 2.13. The Morgan fingerprint density at radius 2 is 2.06 bits per heavy atom. The summed E-state index contributed by atoms with van der Waals surface area (Å²) in [4.78, 5) is 0. The molecule has 0 aromatic heterocycles. The summed E-state index contributed by atoms with van der Waals surface area (Å²) >= 11 is 0. The minimum absolute atomic E-state index is 0.391. The van der Waals surface area contributed by atoms with Crippen LogP contribution in [0, 0.1) is 6.92 Å². The summed E-state index contributed by atoms with van der Waals surface area (Å²) in [5.41, 5.74) is 9.41. The van der Waals surface area contributed by atoms with E-state index in [0.717, 1.165) is 12.8 Å². The molecule has 0 amide bonds. The molecule has 0 saturated heterocycles. The van der Waals surface area contributed by atoms with Crippen LogP contribution in [0.25, 0.3) is 0 Å². The van der Waals surface area contributed by atoms with Gasteiger partial charge in [-0.3, -0.25) is 5.01 Å². The van der Waals surface area contributed by atoms with E-state index in [1.54, 1.807) is 0 Å². The van der Waals surface area contributed by atoms with E-state index in [2.05, 4.69) is 41.3 Å². The van der Waals surface area contributed by atoms with Crippen molar-refractivity contribution in [1.82, 2.24) is 5.01 Å². The summed E-state index contributed by atoms with van der Waals surface area (Å²) in [5.74, 6) is 0. The highest BCUT2D eigenvalue weighted by Gasteiger charge is 2.24. The molecule has 0 radical (unpaired) electrons. The zero-order valence-electron chi connectivity index (χ0n) is 9.98. The molecule has 0 aliphatic carbocycles. The lowest BCUT2D eigenvalue weighted by atomic mass is 10.00. The molecule has 1 aliphatic heterocycles. The van der Waals surface area contributed by atoms with E-state index < -0.39 is 0 Å². The third-order valence-corrected chi connectivity index (χ3v) is 3.07. The lowest BCUT2D eigenvalue weighted by molar-refractivity contribution is 0.290. The van der Waals surface area contributed by atoms with Gasteiger partial charge in [0, 0.05) is 19.2 Å². The molecule has 1 atom stereocenters. The maximum absolute atomic E-state index is 5.56. The van der Waals surface area contributed by atoms with Crippen LogP contribution < -0.4 is 5.73 Å². The second kappa shape index (κ2) is 4.66. The van der Waals surface area contributed by atoms with Crippen molar-refractivity contribution in [3.8, 4) is 0 Å². The van der Waals surface area contributed by atoms with E-state index >= 15 is 0 Å². The Balaban J connectivity index is 2.10. The number of aryl methyl sites for hydroxylation is 1. The summed E-state index contributed by atoms with van der Waals surface area (Å²) in [6, 6.07) is 9.09. The normalized spacial score (nSPS) is 20.1. The summed E-state index contributed by atoms with van der Waals surface area (Å²) in [6.07, 6.45) is 1.92. The highest BCUT2D eigenvalue weighted by Crippen LogP contribution is 2.29. The minimum atomic E-state index is 0.391. The van der Waals surface area contributed by atoms with Crippen molar-refractivity contribution < 1.29 is 0 Å².